The molecule has 0 bridgehead atoms. The van der Waals surface area contributed by atoms with Crippen LogP contribution in [0.5, 0.6) is 0 Å². The van der Waals surface area contributed by atoms with Gasteiger partial charge in [0.1, 0.15) is 23.0 Å². The van der Waals surface area contributed by atoms with Crippen molar-refractivity contribution in [2.24, 2.45) is 14.1 Å². The lowest BCUT2D eigenvalue weighted by atomic mass is 9.97. The summed E-state index contributed by atoms with van der Waals surface area (Å²) in [7, 11) is 3.60. The van der Waals surface area contributed by atoms with Crippen molar-refractivity contribution in [3.05, 3.63) is 140 Å². The van der Waals surface area contributed by atoms with Gasteiger partial charge in [-0.05, 0) is 140 Å². The first-order valence-corrected chi connectivity index (χ1v) is 22.7. The molecule has 0 unspecified atom stereocenters. The molecule has 1 aliphatic carbocycles. The Labute approximate surface area is 373 Å². The minimum absolute atomic E-state index is 0.220. The molecule has 0 spiro atoms. The van der Waals surface area contributed by atoms with Gasteiger partial charge in [-0.25, -0.2) is 28.1 Å². The van der Waals surface area contributed by atoms with Crippen molar-refractivity contribution in [3.8, 4) is 11.1 Å². The van der Waals surface area contributed by atoms with E-state index in [9.17, 15) is 8.78 Å². The second-order valence-electron chi connectivity index (χ2n) is 14.6. The van der Waals surface area contributed by atoms with E-state index < -0.39 is 0 Å². The molecule has 63 heavy (non-hydrogen) atoms. The highest BCUT2D eigenvalue weighted by atomic mass is 32.2. The van der Waals surface area contributed by atoms with E-state index in [1.165, 1.54) is 84.0 Å². The van der Waals surface area contributed by atoms with Crippen LogP contribution in [0.4, 0.5) is 8.78 Å². The number of aromatic nitrogens is 12. The Morgan fingerprint density at radius 2 is 1.14 bits per heavy atom. The Kier molecular flexibility index (Phi) is 12.8. The molecule has 10 aromatic rings. The van der Waals surface area contributed by atoms with Gasteiger partial charge in [0.15, 0.2) is 0 Å². The number of aryl methyl sites for hydroxylation is 2. The molecule has 314 valence electrons. The molecular formula is C46H38F2N12S3. The van der Waals surface area contributed by atoms with Crippen LogP contribution in [0.2, 0.25) is 0 Å². The SMILES string of the molecule is Cn1nnnc1Sc1ccnc2ccc(-c3cccc4ccccc34)cc12.Cn1nnnc1Sc1ccnc2ccc(F)cc12.Fc1ccc2ncnc(SC3CCCCC3)c2c1. The van der Waals surface area contributed by atoms with Crippen molar-refractivity contribution in [1.29, 1.82) is 0 Å². The van der Waals surface area contributed by atoms with E-state index >= 15 is 0 Å². The van der Waals surface area contributed by atoms with E-state index in [1.807, 2.05) is 25.4 Å². The molecule has 0 amide bonds. The molecule has 0 N–H and O–H groups in total. The summed E-state index contributed by atoms with van der Waals surface area (Å²) in [6.45, 7) is 0. The van der Waals surface area contributed by atoms with E-state index in [-0.39, 0.29) is 11.6 Å². The van der Waals surface area contributed by atoms with Gasteiger partial charge in [-0.2, -0.15) is 0 Å². The standard InChI is InChI=1S/C21H15N5S.C14H15FN2S.C11H8FN5S/c1-26-21(23-24-25-26)27-20-11-12-22-19-10-9-15(13-18(19)20)17-8-4-6-14-5-2-3-7-16(14)17;15-10-6-7-13-12(8-10)14(17-9-16-13)18-11-4-2-1-3-5-11;1-17-11(14-15-16-17)18-10-4-5-13-9-3-2-7(12)6-8(9)10/h2-13H,1H3;6-9,11H,1-5H2;2-6H,1H3. The zero-order valence-corrected chi connectivity index (χ0v) is 36.5. The highest BCUT2D eigenvalue weighted by Crippen LogP contribution is 2.37. The lowest BCUT2D eigenvalue weighted by Gasteiger charge is -2.20. The van der Waals surface area contributed by atoms with Crippen molar-refractivity contribution < 1.29 is 8.78 Å². The quantitative estimate of drug-likeness (QED) is 0.140. The van der Waals surface area contributed by atoms with E-state index in [0.717, 1.165) is 52.7 Å². The number of rotatable bonds is 7. The predicted octanol–water partition coefficient (Wildman–Crippen LogP) is 11.0. The fourth-order valence-corrected chi connectivity index (χ4v) is 10.3. The van der Waals surface area contributed by atoms with Gasteiger partial charge in [-0.1, -0.05) is 67.8 Å². The Bertz CT molecular complexity index is 3190. The molecule has 0 radical (unpaired) electrons. The number of benzene rings is 5. The normalized spacial score (nSPS) is 12.9. The molecule has 12 nitrogen and oxygen atoms in total. The van der Waals surface area contributed by atoms with Crippen molar-refractivity contribution in [3.63, 3.8) is 0 Å². The number of thioether (sulfide) groups is 1. The third-order valence-electron chi connectivity index (χ3n) is 10.4. The lowest BCUT2D eigenvalue weighted by Crippen LogP contribution is -2.08. The summed E-state index contributed by atoms with van der Waals surface area (Å²) in [5.74, 6) is -0.503. The van der Waals surface area contributed by atoms with E-state index in [2.05, 4.69) is 112 Å². The van der Waals surface area contributed by atoms with Gasteiger partial charge < -0.3 is 0 Å². The second kappa shape index (κ2) is 19.3. The van der Waals surface area contributed by atoms with Crippen molar-refractivity contribution in [1.82, 2.24) is 60.4 Å². The number of hydrogen-bond donors (Lipinski definition) is 0. The molecule has 1 saturated carbocycles. The Hall–Kier alpha value is -6.43. The summed E-state index contributed by atoms with van der Waals surface area (Å²) in [5, 5.41) is 31.0. The van der Waals surface area contributed by atoms with Gasteiger partial charge in [0.05, 0.1) is 16.6 Å². The van der Waals surface area contributed by atoms with Gasteiger partial charge in [-0.15, -0.1) is 22.0 Å². The van der Waals surface area contributed by atoms with Crippen molar-refractivity contribution >= 4 is 78.8 Å². The topological polar surface area (TPSA) is 139 Å². The zero-order valence-electron chi connectivity index (χ0n) is 34.1. The highest BCUT2D eigenvalue weighted by molar-refractivity contribution is 8.00. The Balaban J connectivity index is 0.000000124. The minimum atomic E-state index is -0.284. The molecule has 5 aromatic heterocycles. The number of halogens is 2. The number of nitrogens with zero attached hydrogens (tertiary/aromatic N) is 12. The average Bonchev–Trinajstić information content (AvgIpc) is 3.92. The largest absolute Gasteiger partial charge is 0.256 e. The first kappa shape index (κ1) is 41.9. The van der Waals surface area contributed by atoms with Crippen LogP contribution in [-0.2, 0) is 14.1 Å². The highest BCUT2D eigenvalue weighted by Gasteiger charge is 2.17. The molecule has 5 heterocycles. The van der Waals surface area contributed by atoms with Crippen LogP contribution in [0.1, 0.15) is 32.1 Å². The van der Waals surface area contributed by atoms with E-state index in [1.54, 1.807) is 70.7 Å². The number of pyridine rings is 2. The summed E-state index contributed by atoms with van der Waals surface area (Å²) < 4.78 is 29.9. The van der Waals surface area contributed by atoms with Gasteiger partial charge in [0.25, 0.3) is 0 Å². The first-order valence-electron chi connectivity index (χ1n) is 20.1. The maximum atomic E-state index is 13.3. The molecule has 0 saturated heterocycles. The summed E-state index contributed by atoms with van der Waals surface area (Å²) >= 11 is 4.71. The summed E-state index contributed by atoms with van der Waals surface area (Å²) in [6, 6.07) is 34.3. The minimum Gasteiger partial charge on any atom is -0.256 e. The monoisotopic (exact) mass is 892 g/mol. The molecule has 11 rings (SSSR count). The molecular weight excluding hydrogens is 855 g/mol. The van der Waals surface area contributed by atoms with Crippen LogP contribution in [-0.4, -0.2) is 65.6 Å². The van der Waals surface area contributed by atoms with Crippen molar-refractivity contribution in [2.75, 3.05) is 0 Å². The molecule has 17 heteroatoms. The molecule has 1 aliphatic rings. The Morgan fingerprint density at radius 1 is 0.556 bits per heavy atom. The van der Waals surface area contributed by atoms with Crippen LogP contribution in [0.3, 0.4) is 0 Å². The molecule has 0 atom stereocenters. The van der Waals surface area contributed by atoms with Gasteiger partial charge in [-0.3, -0.25) is 9.97 Å². The fourth-order valence-electron chi connectivity index (χ4n) is 7.29. The van der Waals surface area contributed by atoms with E-state index in [4.69, 9.17) is 0 Å². The first-order chi connectivity index (χ1) is 30.9. The molecule has 0 aliphatic heterocycles. The average molecular weight is 893 g/mol. The lowest BCUT2D eigenvalue weighted by molar-refractivity contribution is 0.516. The molecule has 1 fully saturated rings. The van der Waals surface area contributed by atoms with Crippen LogP contribution in [0.15, 0.2) is 153 Å². The summed E-state index contributed by atoms with van der Waals surface area (Å²) in [6.07, 6.45) is 11.5. The van der Waals surface area contributed by atoms with E-state index in [0.29, 0.717) is 10.4 Å². The smallest absolute Gasteiger partial charge is 0.213 e. The summed E-state index contributed by atoms with van der Waals surface area (Å²) in [5.41, 5.74) is 4.92. The van der Waals surface area contributed by atoms with Gasteiger partial charge >= 0.3 is 0 Å². The van der Waals surface area contributed by atoms with Crippen LogP contribution >= 0.6 is 35.3 Å². The van der Waals surface area contributed by atoms with Gasteiger partial charge in [0, 0.05) is 57.7 Å². The van der Waals surface area contributed by atoms with Crippen LogP contribution in [0, 0.1) is 11.6 Å². The van der Waals surface area contributed by atoms with Crippen LogP contribution < -0.4 is 0 Å². The maximum Gasteiger partial charge on any atom is 0.213 e. The van der Waals surface area contributed by atoms with Crippen molar-refractivity contribution in [2.45, 2.75) is 62.5 Å². The van der Waals surface area contributed by atoms with Crippen LogP contribution in [0.25, 0.3) is 54.6 Å². The Morgan fingerprint density at radius 3 is 1.79 bits per heavy atom. The number of tetrazole rings is 2. The maximum absolute atomic E-state index is 13.3. The molecule has 5 aromatic carbocycles. The number of fused-ring (bicyclic) bond motifs is 4. The predicted molar refractivity (Wildman–Crippen MR) is 244 cm³/mol. The zero-order chi connectivity index (χ0) is 43.1. The van der Waals surface area contributed by atoms with Gasteiger partial charge in [0.2, 0.25) is 10.3 Å². The third kappa shape index (κ3) is 9.80. The third-order valence-corrected chi connectivity index (χ3v) is 14.0. The summed E-state index contributed by atoms with van der Waals surface area (Å²) in [4.78, 5) is 19.2. The second-order valence-corrected chi connectivity index (χ2v) is 17.9. The fraction of sp³-hybridized carbons (Fsp3) is 0.174. The number of hydrogen-bond acceptors (Lipinski definition) is 13.